The molecule has 2 rings (SSSR count). The molecular weight excluding hydrogens is 242 g/mol. The number of furan rings is 1. The Bertz CT molecular complexity index is 614. The molecule has 2 aromatic rings. The molecule has 1 aromatic carbocycles. The highest BCUT2D eigenvalue weighted by molar-refractivity contribution is 5.84. The Labute approximate surface area is 112 Å². The Kier molecular flexibility index (Phi) is 3.60. The van der Waals surface area contributed by atoms with Crippen molar-refractivity contribution in [2.24, 2.45) is 0 Å². The van der Waals surface area contributed by atoms with Crippen LogP contribution in [0.15, 0.2) is 28.7 Å². The van der Waals surface area contributed by atoms with E-state index in [-0.39, 0.29) is 5.76 Å². The fourth-order valence-corrected chi connectivity index (χ4v) is 1.93. The first-order valence-corrected chi connectivity index (χ1v) is 6.11. The number of aryl methyl sites for hydroxylation is 2. The summed E-state index contributed by atoms with van der Waals surface area (Å²) in [4.78, 5) is 10.8. The van der Waals surface area contributed by atoms with E-state index in [2.05, 4.69) is 25.2 Å². The topological polar surface area (TPSA) is 62.5 Å². The van der Waals surface area contributed by atoms with E-state index in [1.165, 1.54) is 11.1 Å². The molecule has 0 saturated heterocycles. The molecule has 1 aromatic heterocycles. The Balaban J connectivity index is 2.14. The molecule has 0 radical (unpaired) electrons. The van der Waals surface area contributed by atoms with Crippen LogP contribution >= 0.6 is 0 Å². The molecule has 100 valence electrons. The van der Waals surface area contributed by atoms with Crippen molar-refractivity contribution in [1.29, 1.82) is 0 Å². The summed E-state index contributed by atoms with van der Waals surface area (Å²) in [6.07, 6.45) is 0. The van der Waals surface area contributed by atoms with E-state index in [1.54, 1.807) is 13.0 Å². The first kappa shape index (κ1) is 13.2. The smallest absolute Gasteiger partial charge is 0.371 e. The van der Waals surface area contributed by atoms with Crippen LogP contribution in [0.1, 0.15) is 33.0 Å². The summed E-state index contributed by atoms with van der Waals surface area (Å²) in [6, 6.07) is 7.63. The lowest BCUT2D eigenvalue weighted by molar-refractivity contribution is 0.0661. The molecule has 0 aliphatic heterocycles. The van der Waals surface area contributed by atoms with Crippen LogP contribution in [0.2, 0.25) is 0 Å². The number of carboxylic acid groups (broad SMARTS) is 1. The molecule has 0 unspecified atom stereocenters. The second kappa shape index (κ2) is 5.18. The lowest BCUT2D eigenvalue weighted by atomic mass is 10.1. The predicted molar refractivity (Wildman–Crippen MR) is 73.6 cm³/mol. The van der Waals surface area contributed by atoms with Crippen molar-refractivity contribution >= 4 is 11.7 Å². The molecule has 19 heavy (non-hydrogen) atoms. The number of nitrogens with one attached hydrogen (secondary N) is 1. The third-order valence-electron chi connectivity index (χ3n) is 3.31. The van der Waals surface area contributed by atoms with Gasteiger partial charge in [0, 0.05) is 17.8 Å². The van der Waals surface area contributed by atoms with E-state index in [0.29, 0.717) is 12.3 Å². The van der Waals surface area contributed by atoms with Gasteiger partial charge in [0.15, 0.2) is 0 Å². The first-order chi connectivity index (χ1) is 8.99. The quantitative estimate of drug-likeness (QED) is 0.881. The van der Waals surface area contributed by atoms with Crippen molar-refractivity contribution in [1.82, 2.24) is 0 Å². The van der Waals surface area contributed by atoms with Gasteiger partial charge in [-0.05, 0) is 44.0 Å². The van der Waals surface area contributed by atoms with Gasteiger partial charge in [0.2, 0.25) is 5.76 Å². The molecule has 0 aliphatic carbocycles. The van der Waals surface area contributed by atoms with Gasteiger partial charge in [-0.2, -0.15) is 0 Å². The van der Waals surface area contributed by atoms with Gasteiger partial charge in [-0.3, -0.25) is 0 Å². The van der Waals surface area contributed by atoms with E-state index in [0.717, 1.165) is 11.3 Å². The normalized spacial score (nSPS) is 10.5. The zero-order valence-electron chi connectivity index (χ0n) is 11.3. The number of anilines is 1. The molecule has 4 heteroatoms. The van der Waals surface area contributed by atoms with Crippen LogP contribution in [-0.2, 0) is 6.54 Å². The number of carboxylic acids is 1. The zero-order valence-corrected chi connectivity index (χ0v) is 11.3. The largest absolute Gasteiger partial charge is 0.475 e. The van der Waals surface area contributed by atoms with Crippen molar-refractivity contribution in [3.8, 4) is 0 Å². The summed E-state index contributed by atoms with van der Waals surface area (Å²) in [5.74, 6) is -0.424. The maximum Gasteiger partial charge on any atom is 0.371 e. The summed E-state index contributed by atoms with van der Waals surface area (Å²) in [7, 11) is 0. The predicted octanol–water partition coefficient (Wildman–Crippen LogP) is 3.52. The van der Waals surface area contributed by atoms with Gasteiger partial charge in [-0.25, -0.2) is 4.79 Å². The SMILES string of the molecule is Cc1cccc(NCc2cc(C(=O)O)oc2C)c1C. The standard InChI is InChI=1S/C15H17NO3/c1-9-5-4-6-13(10(9)2)16-8-12-7-14(15(17)18)19-11(12)3/h4-7,16H,8H2,1-3H3,(H,17,18). The van der Waals surface area contributed by atoms with Crippen LogP contribution in [-0.4, -0.2) is 11.1 Å². The lowest BCUT2D eigenvalue weighted by Gasteiger charge is -2.10. The minimum atomic E-state index is -1.04. The molecule has 0 spiro atoms. The molecular formula is C15H17NO3. The van der Waals surface area contributed by atoms with Crippen molar-refractivity contribution in [2.75, 3.05) is 5.32 Å². The van der Waals surface area contributed by atoms with Gasteiger partial charge >= 0.3 is 5.97 Å². The number of rotatable bonds is 4. The Morgan fingerprint density at radius 3 is 2.68 bits per heavy atom. The van der Waals surface area contributed by atoms with Crippen molar-refractivity contribution in [3.63, 3.8) is 0 Å². The van der Waals surface area contributed by atoms with Crippen LogP contribution in [0.5, 0.6) is 0 Å². The van der Waals surface area contributed by atoms with Crippen LogP contribution in [0.25, 0.3) is 0 Å². The van der Waals surface area contributed by atoms with Gasteiger partial charge in [0.05, 0.1) is 0 Å². The molecule has 0 saturated carbocycles. The molecule has 0 aliphatic rings. The molecule has 0 fully saturated rings. The third kappa shape index (κ3) is 2.78. The van der Waals surface area contributed by atoms with Gasteiger partial charge in [0.1, 0.15) is 5.76 Å². The van der Waals surface area contributed by atoms with Crippen molar-refractivity contribution < 1.29 is 14.3 Å². The van der Waals surface area contributed by atoms with Crippen molar-refractivity contribution in [3.05, 3.63) is 52.5 Å². The monoisotopic (exact) mass is 259 g/mol. The number of hydrogen-bond donors (Lipinski definition) is 2. The summed E-state index contributed by atoms with van der Waals surface area (Å²) in [5.41, 5.74) is 4.33. The zero-order chi connectivity index (χ0) is 14.0. The summed E-state index contributed by atoms with van der Waals surface area (Å²) >= 11 is 0. The average Bonchev–Trinajstić information content (AvgIpc) is 2.73. The number of aromatic carboxylic acids is 1. The van der Waals surface area contributed by atoms with Crippen molar-refractivity contribution in [2.45, 2.75) is 27.3 Å². The Morgan fingerprint density at radius 2 is 2.05 bits per heavy atom. The highest BCUT2D eigenvalue weighted by Gasteiger charge is 2.13. The summed E-state index contributed by atoms with van der Waals surface area (Å²) in [6.45, 7) is 6.44. The van der Waals surface area contributed by atoms with E-state index in [4.69, 9.17) is 9.52 Å². The maximum atomic E-state index is 10.8. The highest BCUT2D eigenvalue weighted by atomic mass is 16.4. The number of carbonyl (C=O) groups is 1. The third-order valence-corrected chi connectivity index (χ3v) is 3.31. The van der Waals surface area contributed by atoms with E-state index in [9.17, 15) is 4.79 Å². The molecule has 0 bridgehead atoms. The van der Waals surface area contributed by atoms with Gasteiger partial charge in [-0.1, -0.05) is 12.1 Å². The van der Waals surface area contributed by atoms with Crippen LogP contribution in [0.4, 0.5) is 5.69 Å². The lowest BCUT2D eigenvalue weighted by Crippen LogP contribution is -2.02. The molecule has 0 amide bonds. The van der Waals surface area contributed by atoms with Crippen LogP contribution < -0.4 is 5.32 Å². The minimum absolute atomic E-state index is 0.0183. The maximum absolute atomic E-state index is 10.8. The molecule has 0 atom stereocenters. The van der Waals surface area contributed by atoms with E-state index in [1.807, 2.05) is 12.1 Å². The first-order valence-electron chi connectivity index (χ1n) is 6.11. The van der Waals surface area contributed by atoms with Gasteiger partial charge in [-0.15, -0.1) is 0 Å². The average molecular weight is 259 g/mol. The summed E-state index contributed by atoms with van der Waals surface area (Å²) in [5, 5.41) is 12.2. The molecule has 2 N–H and O–H groups in total. The fourth-order valence-electron chi connectivity index (χ4n) is 1.93. The minimum Gasteiger partial charge on any atom is -0.475 e. The Morgan fingerprint density at radius 1 is 1.32 bits per heavy atom. The fraction of sp³-hybridized carbons (Fsp3) is 0.267. The molecule has 4 nitrogen and oxygen atoms in total. The second-order valence-electron chi connectivity index (χ2n) is 4.60. The van der Waals surface area contributed by atoms with Gasteiger partial charge in [0.25, 0.3) is 0 Å². The molecule has 1 heterocycles. The highest BCUT2D eigenvalue weighted by Crippen LogP contribution is 2.21. The number of hydrogen-bond acceptors (Lipinski definition) is 3. The van der Waals surface area contributed by atoms with E-state index < -0.39 is 5.97 Å². The summed E-state index contributed by atoms with van der Waals surface area (Å²) < 4.78 is 5.18. The number of benzene rings is 1. The second-order valence-corrected chi connectivity index (χ2v) is 4.60. The van der Waals surface area contributed by atoms with Crippen LogP contribution in [0.3, 0.4) is 0 Å². The van der Waals surface area contributed by atoms with E-state index >= 15 is 0 Å². The van der Waals surface area contributed by atoms with Gasteiger partial charge < -0.3 is 14.8 Å². The Hall–Kier alpha value is -2.23. The van der Waals surface area contributed by atoms with Crippen LogP contribution in [0, 0.1) is 20.8 Å².